The average molecular weight is 277 g/mol. The van der Waals surface area contributed by atoms with Crippen molar-refractivity contribution in [2.24, 2.45) is 5.92 Å². The van der Waals surface area contributed by atoms with Crippen LogP contribution >= 0.6 is 0 Å². The number of benzene rings is 1. The van der Waals surface area contributed by atoms with Crippen LogP contribution in [0.4, 0.5) is 0 Å². The zero-order valence-corrected chi connectivity index (χ0v) is 12.9. The molecule has 112 valence electrons. The molecule has 0 saturated heterocycles. The first-order chi connectivity index (χ1) is 9.46. The largest absolute Gasteiger partial charge is 0.493 e. The Labute approximate surface area is 122 Å². The number of rotatable bonds is 7. The van der Waals surface area contributed by atoms with Crippen LogP contribution in [0.5, 0.6) is 5.75 Å². The molecule has 0 fully saturated rings. The first-order valence-corrected chi connectivity index (χ1v) is 7.64. The standard InChI is InChI=1S/C17H27NO2/c1-13(2)11-17(3,19)12-18-8-6-14-4-5-16-15(10-14)7-9-20-16/h4-5,10,13,18-19H,6-9,11-12H2,1-3H3. The Kier molecular flexibility index (Phi) is 5.06. The molecule has 1 aromatic rings. The molecule has 20 heavy (non-hydrogen) atoms. The molecule has 2 N–H and O–H groups in total. The molecule has 1 aliphatic rings. The summed E-state index contributed by atoms with van der Waals surface area (Å²) in [4.78, 5) is 0. The third kappa shape index (κ3) is 4.50. The topological polar surface area (TPSA) is 41.5 Å². The smallest absolute Gasteiger partial charge is 0.122 e. The van der Waals surface area contributed by atoms with Crippen molar-refractivity contribution >= 4 is 0 Å². The van der Waals surface area contributed by atoms with E-state index in [9.17, 15) is 5.11 Å². The average Bonchev–Trinajstić information content (AvgIpc) is 2.80. The van der Waals surface area contributed by atoms with Crippen LogP contribution in [0.2, 0.25) is 0 Å². The van der Waals surface area contributed by atoms with Gasteiger partial charge in [0.1, 0.15) is 5.75 Å². The minimum absolute atomic E-state index is 0.517. The molecule has 0 spiro atoms. The van der Waals surface area contributed by atoms with E-state index < -0.39 is 5.60 Å². The van der Waals surface area contributed by atoms with Gasteiger partial charge in [-0.1, -0.05) is 26.0 Å². The van der Waals surface area contributed by atoms with Gasteiger partial charge < -0.3 is 15.2 Å². The summed E-state index contributed by atoms with van der Waals surface area (Å²) in [6.45, 7) is 8.55. The summed E-state index contributed by atoms with van der Waals surface area (Å²) in [7, 11) is 0. The minimum atomic E-state index is -0.611. The summed E-state index contributed by atoms with van der Waals surface area (Å²) in [5.41, 5.74) is 2.06. The molecule has 0 bridgehead atoms. The van der Waals surface area contributed by atoms with Gasteiger partial charge in [0.15, 0.2) is 0 Å². The fourth-order valence-electron chi connectivity index (χ4n) is 2.94. The van der Waals surface area contributed by atoms with Crippen LogP contribution in [-0.4, -0.2) is 30.4 Å². The highest BCUT2D eigenvalue weighted by molar-refractivity contribution is 5.39. The maximum absolute atomic E-state index is 10.2. The van der Waals surface area contributed by atoms with Crippen LogP contribution in [0.25, 0.3) is 0 Å². The number of hydrogen-bond acceptors (Lipinski definition) is 3. The van der Waals surface area contributed by atoms with E-state index in [0.717, 1.165) is 38.2 Å². The first kappa shape index (κ1) is 15.3. The maximum Gasteiger partial charge on any atom is 0.122 e. The van der Waals surface area contributed by atoms with E-state index in [4.69, 9.17) is 4.74 Å². The number of fused-ring (bicyclic) bond motifs is 1. The van der Waals surface area contributed by atoms with Gasteiger partial charge >= 0.3 is 0 Å². The quantitative estimate of drug-likeness (QED) is 0.753. The van der Waals surface area contributed by atoms with Gasteiger partial charge in [-0.2, -0.15) is 0 Å². The molecule has 3 heteroatoms. The lowest BCUT2D eigenvalue weighted by Crippen LogP contribution is -2.39. The molecule has 0 aliphatic carbocycles. The summed E-state index contributed by atoms with van der Waals surface area (Å²) in [5, 5.41) is 13.6. The van der Waals surface area contributed by atoms with Crippen molar-refractivity contribution in [2.75, 3.05) is 19.7 Å². The second-order valence-corrected chi connectivity index (χ2v) is 6.56. The van der Waals surface area contributed by atoms with Gasteiger partial charge in [0.25, 0.3) is 0 Å². The predicted octanol–water partition coefficient (Wildman–Crippen LogP) is 2.55. The van der Waals surface area contributed by atoms with E-state index in [-0.39, 0.29) is 0 Å². The number of hydrogen-bond donors (Lipinski definition) is 2. The highest BCUT2D eigenvalue weighted by atomic mass is 16.5. The lowest BCUT2D eigenvalue weighted by molar-refractivity contribution is 0.0389. The van der Waals surface area contributed by atoms with Crippen LogP contribution in [0, 0.1) is 5.92 Å². The van der Waals surface area contributed by atoms with Crippen molar-refractivity contribution in [1.29, 1.82) is 0 Å². The Balaban J connectivity index is 1.73. The molecule has 0 amide bonds. The molecule has 2 rings (SSSR count). The Morgan fingerprint density at radius 3 is 2.95 bits per heavy atom. The van der Waals surface area contributed by atoms with Crippen molar-refractivity contribution in [3.05, 3.63) is 29.3 Å². The highest BCUT2D eigenvalue weighted by Crippen LogP contribution is 2.25. The van der Waals surface area contributed by atoms with Gasteiger partial charge in [-0.3, -0.25) is 0 Å². The van der Waals surface area contributed by atoms with E-state index in [0.29, 0.717) is 12.5 Å². The molecular formula is C17H27NO2. The summed E-state index contributed by atoms with van der Waals surface area (Å²) >= 11 is 0. The van der Waals surface area contributed by atoms with E-state index in [2.05, 4.69) is 37.4 Å². The summed E-state index contributed by atoms with van der Waals surface area (Å²) < 4.78 is 5.51. The molecule has 3 nitrogen and oxygen atoms in total. The zero-order valence-electron chi connectivity index (χ0n) is 12.9. The van der Waals surface area contributed by atoms with Gasteiger partial charge in [0, 0.05) is 13.0 Å². The van der Waals surface area contributed by atoms with Crippen molar-refractivity contribution < 1.29 is 9.84 Å². The van der Waals surface area contributed by atoms with Crippen LogP contribution in [0.1, 0.15) is 38.3 Å². The summed E-state index contributed by atoms with van der Waals surface area (Å²) in [5.74, 6) is 1.56. The fraction of sp³-hybridized carbons (Fsp3) is 0.647. The van der Waals surface area contributed by atoms with Gasteiger partial charge in [0.2, 0.25) is 0 Å². The number of aliphatic hydroxyl groups is 1. The SMILES string of the molecule is CC(C)CC(C)(O)CNCCc1ccc2c(c1)CCO2. The highest BCUT2D eigenvalue weighted by Gasteiger charge is 2.21. The molecule has 0 radical (unpaired) electrons. The first-order valence-electron chi connectivity index (χ1n) is 7.64. The second kappa shape index (κ2) is 6.59. The molecule has 1 unspecified atom stereocenters. The van der Waals surface area contributed by atoms with E-state index in [1.807, 2.05) is 6.92 Å². The minimum Gasteiger partial charge on any atom is -0.493 e. The van der Waals surface area contributed by atoms with Crippen molar-refractivity contribution in [3.8, 4) is 5.75 Å². The third-order valence-corrected chi connectivity index (χ3v) is 3.70. The Morgan fingerprint density at radius 2 is 2.20 bits per heavy atom. The Bertz CT molecular complexity index is 441. The van der Waals surface area contributed by atoms with Crippen LogP contribution < -0.4 is 10.1 Å². The van der Waals surface area contributed by atoms with Crippen LogP contribution in [0.15, 0.2) is 18.2 Å². The van der Waals surface area contributed by atoms with Crippen molar-refractivity contribution in [1.82, 2.24) is 5.32 Å². The van der Waals surface area contributed by atoms with Gasteiger partial charge in [-0.25, -0.2) is 0 Å². The molecular weight excluding hydrogens is 250 g/mol. The molecule has 1 aromatic carbocycles. The lowest BCUT2D eigenvalue weighted by atomic mass is 9.94. The zero-order chi connectivity index (χ0) is 14.6. The second-order valence-electron chi connectivity index (χ2n) is 6.56. The van der Waals surface area contributed by atoms with Gasteiger partial charge in [-0.15, -0.1) is 0 Å². The molecule has 1 atom stereocenters. The van der Waals surface area contributed by atoms with Crippen molar-refractivity contribution in [3.63, 3.8) is 0 Å². The molecule has 0 saturated carbocycles. The van der Waals surface area contributed by atoms with Gasteiger partial charge in [0.05, 0.1) is 12.2 Å². The number of ether oxygens (including phenoxy) is 1. The van der Waals surface area contributed by atoms with E-state index >= 15 is 0 Å². The monoisotopic (exact) mass is 277 g/mol. The predicted molar refractivity (Wildman–Crippen MR) is 82.3 cm³/mol. The van der Waals surface area contributed by atoms with Gasteiger partial charge in [-0.05, 0) is 49.4 Å². The molecule has 1 heterocycles. The van der Waals surface area contributed by atoms with Crippen molar-refractivity contribution in [2.45, 2.75) is 45.6 Å². The van der Waals surface area contributed by atoms with E-state index in [1.54, 1.807) is 0 Å². The molecule has 0 aromatic heterocycles. The third-order valence-electron chi connectivity index (χ3n) is 3.70. The van der Waals surface area contributed by atoms with Crippen LogP contribution in [-0.2, 0) is 12.8 Å². The fourth-order valence-corrected chi connectivity index (χ4v) is 2.94. The molecule has 1 aliphatic heterocycles. The lowest BCUT2D eigenvalue weighted by Gasteiger charge is -2.25. The Morgan fingerprint density at radius 1 is 1.40 bits per heavy atom. The normalized spacial score (nSPS) is 16.9. The summed E-state index contributed by atoms with van der Waals surface area (Å²) in [6.07, 6.45) is 2.85. The number of nitrogens with one attached hydrogen (secondary N) is 1. The van der Waals surface area contributed by atoms with Crippen LogP contribution in [0.3, 0.4) is 0 Å². The van der Waals surface area contributed by atoms with E-state index in [1.165, 1.54) is 11.1 Å². The Hall–Kier alpha value is -1.06. The summed E-state index contributed by atoms with van der Waals surface area (Å²) in [6, 6.07) is 6.46. The maximum atomic E-state index is 10.2.